The topological polar surface area (TPSA) is 3.24 Å². The van der Waals surface area contributed by atoms with E-state index in [1.807, 2.05) is 11.3 Å². The summed E-state index contributed by atoms with van der Waals surface area (Å²) >= 11 is 1.92. The molecule has 0 N–H and O–H groups in total. The third kappa shape index (κ3) is 4.52. The van der Waals surface area contributed by atoms with Crippen LogP contribution in [-0.2, 0) is 10.8 Å². The molecule has 1 heterocycles. The van der Waals surface area contributed by atoms with Crippen LogP contribution in [0.3, 0.4) is 0 Å². The Hall–Kier alpha value is -6.74. The average molecular weight is 758 g/mol. The fraction of sp³-hybridized carbons (Fsp3) is 0.0714. The van der Waals surface area contributed by atoms with Crippen molar-refractivity contribution in [3.8, 4) is 22.3 Å². The molecule has 0 atom stereocenters. The maximum absolute atomic E-state index is 2.54. The lowest BCUT2D eigenvalue weighted by molar-refractivity contribution is 0.660. The quantitative estimate of drug-likeness (QED) is 0.169. The van der Waals surface area contributed by atoms with Crippen LogP contribution in [0.2, 0.25) is 0 Å². The molecule has 0 spiro atoms. The monoisotopic (exact) mass is 757 g/mol. The van der Waals surface area contributed by atoms with E-state index in [-0.39, 0.29) is 5.41 Å². The minimum absolute atomic E-state index is 0.133. The molecule has 0 saturated heterocycles. The highest BCUT2D eigenvalue weighted by molar-refractivity contribution is 7.27. The third-order valence-corrected chi connectivity index (χ3v) is 14.4. The molecule has 2 aliphatic carbocycles. The van der Waals surface area contributed by atoms with Gasteiger partial charge in [0.15, 0.2) is 0 Å². The van der Waals surface area contributed by atoms with Gasteiger partial charge < -0.3 is 4.90 Å². The van der Waals surface area contributed by atoms with Gasteiger partial charge in [-0.25, -0.2) is 0 Å². The summed E-state index contributed by atoms with van der Waals surface area (Å²) in [7, 11) is 0. The van der Waals surface area contributed by atoms with E-state index in [1.54, 1.807) is 0 Å². The van der Waals surface area contributed by atoms with Gasteiger partial charge in [-0.3, -0.25) is 0 Å². The van der Waals surface area contributed by atoms with Gasteiger partial charge in [-0.05, 0) is 96.7 Å². The Labute approximate surface area is 343 Å². The fourth-order valence-electron chi connectivity index (χ4n) is 10.5. The second-order valence-electron chi connectivity index (χ2n) is 16.4. The molecular weight excluding hydrogens is 719 g/mol. The Kier molecular flexibility index (Phi) is 7.13. The Morgan fingerprint density at radius 2 is 0.914 bits per heavy atom. The van der Waals surface area contributed by atoms with Gasteiger partial charge in [-0.15, -0.1) is 11.3 Å². The van der Waals surface area contributed by atoms with Crippen LogP contribution in [0, 0.1) is 0 Å². The number of nitrogens with zero attached hydrogens (tertiary/aromatic N) is 1. The molecule has 0 saturated carbocycles. The van der Waals surface area contributed by atoms with Gasteiger partial charge in [0.25, 0.3) is 0 Å². The first kappa shape index (κ1) is 33.4. The molecule has 1 aromatic heterocycles. The molecule has 274 valence electrons. The van der Waals surface area contributed by atoms with Crippen molar-refractivity contribution in [2.75, 3.05) is 4.90 Å². The summed E-state index contributed by atoms with van der Waals surface area (Å²) in [4.78, 5) is 2.54. The largest absolute Gasteiger partial charge is 0.309 e. The Morgan fingerprint density at radius 3 is 1.64 bits per heavy atom. The lowest BCUT2D eigenvalue weighted by atomic mass is 9.67. The van der Waals surface area contributed by atoms with Crippen molar-refractivity contribution in [2.45, 2.75) is 24.7 Å². The number of benzene rings is 9. The van der Waals surface area contributed by atoms with E-state index in [2.05, 4.69) is 219 Å². The maximum atomic E-state index is 2.54. The highest BCUT2D eigenvalue weighted by atomic mass is 32.1. The number of fused-ring (bicyclic) bond motifs is 11. The molecule has 1 nitrogen and oxygen atoms in total. The summed E-state index contributed by atoms with van der Waals surface area (Å²) in [6.45, 7) is 4.76. The van der Waals surface area contributed by atoms with Gasteiger partial charge in [0, 0.05) is 32.3 Å². The predicted octanol–water partition coefficient (Wildman–Crippen LogP) is 15.3. The molecule has 0 unspecified atom stereocenters. The lowest BCUT2D eigenvalue weighted by Gasteiger charge is -2.35. The Balaban J connectivity index is 1.16. The van der Waals surface area contributed by atoms with E-state index in [0.29, 0.717) is 0 Å². The van der Waals surface area contributed by atoms with Gasteiger partial charge in [0.2, 0.25) is 0 Å². The molecule has 2 aliphatic rings. The van der Waals surface area contributed by atoms with Crippen molar-refractivity contribution in [2.24, 2.45) is 0 Å². The zero-order valence-corrected chi connectivity index (χ0v) is 33.2. The Bertz CT molecular complexity index is 3220. The molecule has 0 bridgehead atoms. The average Bonchev–Trinajstić information content (AvgIpc) is 3.89. The smallest absolute Gasteiger partial charge is 0.0714 e. The van der Waals surface area contributed by atoms with Crippen molar-refractivity contribution in [1.82, 2.24) is 0 Å². The number of rotatable bonds is 5. The van der Waals surface area contributed by atoms with Gasteiger partial charge in [0.05, 0.1) is 15.8 Å². The minimum atomic E-state index is -0.500. The number of thiophene rings is 1. The SMILES string of the molecule is CC1(C)c2ccccc2-c2ccc(N(c3ccc4c(c3)C(c3ccccc3)(c3ccccc3)c3ccccc3-4)c3cccc4c3sc3c5ccccc5ccc43)cc21. The van der Waals surface area contributed by atoms with E-state index in [9.17, 15) is 0 Å². The van der Waals surface area contributed by atoms with Crippen LogP contribution < -0.4 is 4.90 Å². The van der Waals surface area contributed by atoms with Gasteiger partial charge in [-0.2, -0.15) is 0 Å². The van der Waals surface area contributed by atoms with Crippen LogP contribution in [0.4, 0.5) is 17.1 Å². The minimum Gasteiger partial charge on any atom is -0.309 e. The standard InChI is InChI=1S/C56H39NS/c1-55(2)48-25-13-11-22-42(48)44-32-29-39(34-50(44)55)57(52-27-15-24-46-47-31-28-36-16-9-10-21-41(36)53(47)58-54(46)52)40-30-33-45-43-23-12-14-26-49(43)56(51(45)35-40,37-17-5-3-6-18-37)38-19-7-4-8-20-38/h3-35H,1-2H3. The molecule has 0 radical (unpaired) electrons. The number of anilines is 3. The highest BCUT2D eigenvalue weighted by Crippen LogP contribution is 2.58. The Morgan fingerprint density at radius 1 is 0.379 bits per heavy atom. The van der Waals surface area contributed by atoms with E-state index in [1.165, 1.54) is 92.3 Å². The molecule has 0 aliphatic heterocycles. The van der Waals surface area contributed by atoms with Crippen LogP contribution in [0.1, 0.15) is 47.2 Å². The van der Waals surface area contributed by atoms with Crippen molar-refractivity contribution in [3.63, 3.8) is 0 Å². The number of hydrogen-bond donors (Lipinski definition) is 0. The van der Waals surface area contributed by atoms with E-state index in [0.717, 1.165) is 11.4 Å². The van der Waals surface area contributed by atoms with Gasteiger partial charge in [-0.1, -0.05) is 184 Å². The third-order valence-electron chi connectivity index (χ3n) is 13.1. The highest BCUT2D eigenvalue weighted by Gasteiger charge is 2.46. The van der Waals surface area contributed by atoms with Crippen molar-refractivity contribution in [3.05, 3.63) is 234 Å². The molecule has 2 heteroatoms. The summed E-state index contributed by atoms with van der Waals surface area (Å²) in [6.07, 6.45) is 0. The molecule has 58 heavy (non-hydrogen) atoms. The van der Waals surface area contributed by atoms with E-state index in [4.69, 9.17) is 0 Å². The van der Waals surface area contributed by atoms with Crippen molar-refractivity contribution >= 4 is 59.3 Å². The molecule has 0 fully saturated rings. The van der Waals surface area contributed by atoms with Crippen LogP contribution in [0.25, 0.3) is 53.2 Å². The second-order valence-corrected chi connectivity index (χ2v) is 17.4. The first-order chi connectivity index (χ1) is 28.5. The van der Waals surface area contributed by atoms with Crippen molar-refractivity contribution < 1.29 is 0 Å². The first-order valence-electron chi connectivity index (χ1n) is 20.3. The fourth-order valence-corrected chi connectivity index (χ4v) is 11.9. The normalized spacial score (nSPS) is 14.3. The zero-order valence-electron chi connectivity index (χ0n) is 32.4. The molecule has 10 aromatic rings. The van der Waals surface area contributed by atoms with E-state index >= 15 is 0 Å². The molecule has 0 amide bonds. The van der Waals surface area contributed by atoms with E-state index < -0.39 is 5.41 Å². The van der Waals surface area contributed by atoms with Crippen LogP contribution in [-0.4, -0.2) is 0 Å². The summed E-state index contributed by atoms with van der Waals surface area (Å²) in [6, 6.07) is 75.0. The first-order valence-corrected chi connectivity index (χ1v) is 21.1. The number of hydrogen-bond acceptors (Lipinski definition) is 2. The zero-order chi connectivity index (χ0) is 38.6. The van der Waals surface area contributed by atoms with Gasteiger partial charge in [0.1, 0.15) is 0 Å². The summed E-state index contributed by atoms with van der Waals surface area (Å²) in [5, 5.41) is 5.18. The summed E-state index contributed by atoms with van der Waals surface area (Å²) in [5.74, 6) is 0. The predicted molar refractivity (Wildman–Crippen MR) is 246 cm³/mol. The summed E-state index contributed by atoms with van der Waals surface area (Å²) in [5.41, 5.74) is 16.0. The molecular formula is C56H39NS. The van der Waals surface area contributed by atoms with Crippen LogP contribution in [0.5, 0.6) is 0 Å². The van der Waals surface area contributed by atoms with Gasteiger partial charge >= 0.3 is 0 Å². The molecule has 12 rings (SSSR count). The van der Waals surface area contributed by atoms with Crippen LogP contribution in [0.15, 0.2) is 200 Å². The maximum Gasteiger partial charge on any atom is 0.0714 e. The van der Waals surface area contributed by atoms with Crippen molar-refractivity contribution in [1.29, 1.82) is 0 Å². The second kappa shape index (κ2) is 12.4. The van der Waals surface area contributed by atoms with Crippen LogP contribution >= 0.6 is 11.3 Å². The lowest BCUT2D eigenvalue weighted by Crippen LogP contribution is -2.28. The summed E-state index contributed by atoms with van der Waals surface area (Å²) < 4.78 is 2.63. The molecule has 9 aromatic carbocycles.